The van der Waals surface area contributed by atoms with Gasteiger partial charge in [0.15, 0.2) is 0 Å². The molecule has 2 unspecified atom stereocenters. The Hall–Kier alpha value is -1.54. The first kappa shape index (κ1) is 13.5. The van der Waals surface area contributed by atoms with Crippen LogP contribution in [0.25, 0.3) is 0 Å². The average molecular weight is 238 g/mol. The zero-order chi connectivity index (χ0) is 13.0. The molecule has 1 aliphatic heterocycles. The number of amides is 1. The molecule has 17 heavy (non-hydrogen) atoms. The molecular formula is C12H18N2O3. The molecule has 5 nitrogen and oxygen atoms in total. The number of rotatable bonds is 5. The highest BCUT2D eigenvalue weighted by molar-refractivity contribution is 5.81. The third-order valence-electron chi connectivity index (χ3n) is 3.33. The highest BCUT2D eigenvalue weighted by Gasteiger charge is 2.38. The van der Waals surface area contributed by atoms with Gasteiger partial charge in [0.25, 0.3) is 0 Å². The minimum absolute atomic E-state index is 0.107. The number of aliphatic carboxylic acids is 1. The molecule has 1 rings (SSSR count). The third-order valence-corrected chi connectivity index (χ3v) is 3.33. The zero-order valence-corrected chi connectivity index (χ0v) is 10.1. The second-order valence-electron chi connectivity index (χ2n) is 4.44. The maximum Gasteiger partial charge on any atom is 0.306 e. The highest BCUT2D eigenvalue weighted by atomic mass is 16.4. The molecule has 0 saturated carbocycles. The molecule has 2 N–H and O–H groups in total. The van der Waals surface area contributed by atoms with Crippen molar-refractivity contribution in [3.63, 3.8) is 0 Å². The summed E-state index contributed by atoms with van der Waals surface area (Å²) in [7, 11) is 0. The first-order valence-electron chi connectivity index (χ1n) is 5.65. The van der Waals surface area contributed by atoms with Crippen LogP contribution in [0.5, 0.6) is 0 Å². The lowest BCUT2D eigenvalue weighted by Crippen LogP contribution is -2.58. The number of carbonyl (C=O) groups is 2. The normalized spacial score (nSPS) is 19.8. The van der Waals surface area contributed by atoms with E-state index < -0.39 is 5.97 Å². The van der Waals surface area contributed by atoms with E-state index in [4.69, 9.17) is 11.5 Å². The maximum absolute atomic E-state index is 11.6. The number of carbonyl (C=O) groups excluding carboxylic acids is 1. The van der Waals surface area contributed by atoms with Gasteiger partial charge in [0.2, 0.25) is 5.91 Å². The van der Waals surface area contributed by atoms with Gasteiger partial charge in [-0.1, -0.05) is 12.8 Å². The zero-order valence-electron chi connectivity index (χ0n) is 10.1. The Bertz CT molecular complexity index is 342. The monoisotopic (exact) mass is 238 g/mol. The fraction of sp³-hybridized carbons (Fsp3) is 0.667. The third kappa shape index (κ3) is 3.21. The summed E-state index contributed by atoms with van der Waals surface area (Å²) in [6.07, 6.45) is 5.05. The second kappa shape index (κ2) is 5.69. The number of hydrogen-bond acceptors (Lipinski definition) is 3. The van der Waals surface area contributed by atoms with E-state index in [1.807, 2.05) is 4.90 Å². The summed E-state index contributed by atoms with van der Waals surface area (Å²) in [5.41, 5.74) is 0. The van der Waals surface area contributed by atoms with Crippen LogP contribution < -0.4 is 5.32 Å². The van der Waals surface area contributed by atoms with Gasteiger partial charge in [-0.25, -0.2) is 0 Å². The molecule has 5 heteroatoms. The van der Waals surface area contributed by atoms with Crippen LogP contribution in [0.4, 0.5) is 0 Å². The first-order valence-corrected chi connectivity index (χ1v) is 5.65. The molecule has 1 heterocycles. The average Bonchev–Trinajstić information content (AvgIpc) is 2.23. The smallest absolute Gasteiger partial charge is 0.306 e. The van der Waals surface area contributed by atoms with E-state index in [0.717, 1.165) is 0 Å². The van der Waals surface area contributed by atoms with Gasteiger partial charge in [-0.3, -0.25) is 14.5 Å². The topological polar surface area (TPSA) is 69.6 Å². The van der Waals surface area contributed by atoms with Gasteiger partial charge in [0.05, 0.1) is 18.5 Å². The molecule has 0 aliphatic carbocycles. The van der Waals surface area contributed by atoms with Crippen LogP contribution in [0.2, 0.25) is 0 Å². The molecule has 1 saturated heterocycles. The summed E-state index contributed by atoms with van der Waals surface area (Å²) < 4.78 is 0. The van der Waals surface area contributed by atoms with E-state index in [-0.39, 0.29) is 30.3 Å². The van der Waals surface area contributed by atoms with Crippen LogP contribution in [-0.2, 0) is 9.59 Å². The minimum atomic E-state index is -0.779. The molecule has 0 aromatic heterocycles. The summed E-state index contributed by atoms with van der Waals surface area (Å²) in [4.78, 5) is 24.3. The summed E-state index contributed by atoms with van der Waals surface area (Å²) in [6, 6.07) is -0.249. The quantitative estimate of drug-likeness (QED) is 0.650. The van der Waals surface area contributed by atoms with E-state index in [0.29, 0.717) is 13.1 Å². The number of nitrogens with one attached hydrogen (secondary N) is 1. The molecule has 0 radical (unpaired) electrons. The fourth-order valence-electron chi connectivity index (χ4n) is 1.83. The molecule has 0 bridgehead atoms. The van der Waals surface area contributed by atoms with Gasteiger partial charge in [0.1, 0.15) is 0 Å². The number of likely N-dealkylation sites (tertiary alicyclic amines) is 1. The Kier molecular flexibility index (Phi) is 4.53. The van der Waals surface area contributed by atoms with Crippen molar-refractivity contribution in [2.24, 2.45) is 11.8 Å². The molecular weight excluding hydrogens is 220 g/mol. The van der Waals surface area contributed by atoms with Gasteiger partial charge in [-0.05, 0) is 12.8 Å². The van der Waals surface area contributed by atoms with Crippen LogP contribution in [0.1, 0.15) is 13.8 Å². The van der Waals surface area contributed by atoms with Crippen molar-refractivity contribution >= 4 is 11.9 Å². The summed E-state index contributed by atoms with van der Waals surface area (Å²) in [6.45, 7) is 5.03. The van der Waals surface area contributed by atoms with Gasteiger partial charge in [-0.15, -0.1) is 6.42 Å². The molecule has 94 valence electrons. The summed E-state index contributed by atoms with van der Waals surface area (Å²) >= 11 is 0. The van der Waals surface area contributed by atoms with Gasteiger partial charge < -0.3 is 10.4 Å². The van der Waals surface area contributed by atoms with Crippen LogP contribution >= 0.6 is 0 Å². The number of hydrogen-bond donors (Lipinski definition) is 2. The molecule has 0 aromatic carbocycles. The van der Waals surface area contributed by atoms with Crippen molar-refractivity contribution in [3.8, 4) is 12.3 Å². The SMILES string of the molecule is C#CCNC(=O)C(C)N1CC(C(C)C(=O)O)C1. The molecule has 1 amide bonds. The van der Waals surface area contributed by atoms with E-state index >= 15 is 0 Å². The standard InChI is InChI=1S/C12H18N2O3/c1-4-5-13-11(15)9(3)14-6-10(7-14)8(2)12(16)17/h1,8-10H,5-7H2,2-3H3,(H,13,15)(H,16,17). The van der Waals surface area contributed by atoms with Crippen LogP contribution in [0.15, 0.2) is 0 Å². The lowest BCUT2D eigenvalue weighted by Gasteiger charge is -2.44. The van der Waals surface area contributed by atoms with Crippen LogP contribution in [0, 0.1) is 24.2 Å². The lowest BCUT2D eigenvalue weighted by molar-refractivity contribution is -0.146. The molecule has 0 spiro atoms. The van der Waals surface area contributed by atoms with Crippen LogP contribution in [0.3, 0.4) is 0 Å². The van der Waals surface area contributed by atoms with Gasteiger partial charge in [-0.2, -0.15) is 0 Å². The Morgan fingerprint density at radius 1 is 1.53 bits per heavy atom. The Labute approximate surface area is 101 Å². The maximum atomic E-state index is 11.6. The van der Waals surface area contributed by atoms with Crippen molar-refractivity contribution in [1.29, 1.82) is 0 Å². The highest BCUT2D eigenvalue weighted by Crippen LogP contribution is 2.25. The largest absolute Gasteiger partial charge is 0.481 e. The predicted octanol–water partition coefficient (Wildman–Crippen LogP) is -0.223. The first-order chi connectivity index (χ1) is 7.97. The van der Waals surface area contributed by atoms with E-state index in [2.05, 4.69) is 11.2 Å². The summed E-state index contributed by atoms with van der Waals surface area (Å²) in [5.74, 6) is 1.24. The van der Waals surface area contributed by atoms with Crippen LogP contribution in [-0.4, -0.2) is 47.6 Å². The molecule has 2 atom stereocenters. The Morgan fingerprint density at radius 2 is 2.12 bits per heavy atom. The summed E-state index contributed by atoms with van der Waals surface area (Å²) in [5, 5.41) is 11.5. The minimum Gasteiger partial charge on any atom is -0.481 e. The van der Waals surface area contributed by atoms with E-state index in [1.54, 1.807) is 13.8 Å². The molecule has 1 aliphatic rings. The van der Waals surface area contributed by atoms with Crippen molar-refractivity contribution in [2.45, 2.75) is 19.9 Å². The number of terminal acetylenes is 1. The van der Waals surface area contributed by atoms with Gasteiger partial charge >= 0.3 is 5.97 Å². The number of carboxylic acid groups (broad SMARTS) is 1. The van der Waals surface area contributed by atoms with Crippen molar-refractivity contribution in [3.05, 3.63) is 0 Å². The van der Waals surface area contributed by atoms with Gasteiger partial charge in [0, 0.05) is 13.1 Å². The number of carboxylic acids is 1. The molecule has 0 aromatic rings. The predicted molar refractivity (Wildman–Crippen MR) is 63.2 cm³/mol. The lowest BCUT2D eigenvalue weighted by atomic mass is 9.86. The fourth-order valence-corrected chi connectivity index (χ4v) is 1.83. The van der Waals surface area contributed by atoms with Crippen molar-refractivity contribution < 1.29 is 14.7 Å². The Morgan fingerprint density at radius 3 is 2.59 bits per heavy atom. The second-order valence-corrected chi connectivity index (χ2v) is 4.44. The van der Waals surface area contributed by atoms with Crippen molar-refractivity contribution in [1.82, 2.24) is 10.2 Å². The van der Waals surface area contributed by atoms with E-state index in [1.165, 1.54) is 0 Å². The van der Waals surface area contributed by atoms with E-state index in [9.17, 15) is 9.59 Å². The number of nitrogens with zero attached hydrogens (tertiary/aromatic N) is 1. The Balaban J connectivity index is 2.35. The van der Waals surface area contributed by atoms with Crippen molar-refractivity contribution in [2.75, 3.05) is 19.6 Å². The molecule has 1 fully saturated rings.